The summed E-state index contributed by atoms with van der Waals surface area (Å²) in [7, 11) is 4.83. The Morgan fingerprint density at radius 3 is 2.44 bits per heavy atom. The molecule has 1 rings (SSSR count). The monoisotopic (exact) mass is 257 g/mol. The zero-order valence-electron chi connectivity index (χ0n) is 10.7. The smallest absolute Gasteiger partial charge is 0.265 e. The minimum atomic E-state index is -2.62. The Balaban J connectivity index is 2.98. The van der Waals surface area contributed by atoms with Gasteiger partial charge < -0.3 is 15.5 Å². The van der Waals surface area contributed by atoms with E-state index in [9.17, 15) is 13.6 Å². The number of anilines is 2. The third-order valence-electron chi connectivity index (χ3n) is 2.57. The quantitative estimate of drug-likeness (QED) is 0.836. The minimum Gasteiger partial charge on any atom is -0.399 e. The molecular weight excluding hydrogens is 240 g/mol. The van der Waals surface area contributed by atoms with E-state index < -0.39 is 6.43 Å². The Hall–Kier alpha value is -1.85. The number of rotatable bonds is 4. The molecule has 0 atom stereocenters. The molecule has 100 valence electrons. The Labute approximate surface area is 105 Å². The molecule has 6 heteroatoms. The van der Waals surface area contributed by atoms with Gasteiger partial charge in [-0.1, -0.05) is 0 Å². The first-order valence-electron chi connectivity index (χ1n) is 5.41. The van der Waals surface area contributed by atoms with Crippen molar-refractivity contribution in [3.05, 3.63) is 23.8 Å². The first-order chi connectivity index (χ1) is 8.32. The van der Waals surface area contributed by atoms with Crippen molar-refractivity contribution in [1.82, 2.24) is 4.90 Å². The predicted octanol–water partition coefficient (Wildman–Crippen LogP) is 1.73. The molecule has 0 heterocycles. The minimum absolute atomic E-state index is 0.0383. The summed E-state index contributed by atoms with van der Waals surface area (Å²) in [5.41, 5.74) is 5.92. The van der Waals surface area contributed by atoms with Gasteiger partial charge in [0.25, 0.3) is 6.43 Å². The lowest BCUT2D eigenvalue weighted by Gasteiger charge is -2.23. The van der Waals surface area contributed by atoms with E-state index in [0.717, 1.165) is 0 Å². The number of nitrogen functional groups attached to an aromatic ring is 1. The second kappa shape index (κ2) is 5.66. The molecule has 0 aromatic heterocycles. The number of benzene rings is 1. The molecule has 1 aromatic carbocycles. The third-order valence-corrected chi connectivity index (χ3v) is 2.57. The number of hydrogen-bond acceptors (Lipinski definition) is 3. The van der Waals surface area contributed by atoms with Crippen molar-refractivity contribution >= 4 is 17.3 Å². The van der Waals surface area contributed by atoms with Gasteiger partial charge in [0.05, 0.1) is 6.54 Å². The molecule has 0 spiro atoms. The molecule has 1 aromatic rings. The summed E-state index contributed by atoms with van der Waals surface area (Å²) in [6.45, 7) is 0.0383. The van der Waals surface area contributed by atoms with Crippen LogP contribution in [-0.4, -0.2) is 38.5 Å². The van der Waals surface area contributed by atoms with E-state index in [1.54, 1.807) is 21.1 Å². The molecule has 0 bridgehead atoms. The highest BCUT2D eigenvalue weighted by Crippen LogP contribution is 2.30. The lowest BCUT2D eigenvalue weighted by Crippen LogP contribution is -2.34. The number of halogens is 2. The first kappa shape index (κ1) is 14.2. The van der Waals surface area contributed by atoms with Gasteiger partial charge in [0.15, 0.2) is 0 Å². The van der Waals surface area contributed by atoms with E-state index >= 15 is 0 Å². The van der Waals surface area contributed by atoms with Crippen LogP contribution in [0.2, 0.25) is 0 Å². The lowest BCUT2D eigenvalue weighted by atomic mass is 10.1. The first-order valence-corrected chi connectivity index (χ1v) is 5.41. The zero-order valence-corrected chi connectivity index (χ0v) is 10.7. The van der Waals surface area contributed by atoms with Crippen LogP contribution in [0.15, 0.2) is 18.2 Å². The summed E-state index contributed by atoms with van der Waals surface area (Å²) in [6, 6.07) is 4.27. The zero-order chi connectivity index (χ0) is 13.9. The molecule has 0 aliphatic heterocycles. The average molecular weight is 257 g/mol. The summed E-state index contributed by atoms with van der Waals surface area (Å²) >= 11 is 0. The van der Waals surface area contributed by atoms with Crippen LogP contribution in [0.5, 0.6) is 0 Å². The molecule has 0 aliphatic rings. The number of nitrogens with zero attached hydrogens (tertiary/aromatic N) is 2. The van der Waals surface area contributed by atoms with E-state index in [2.05, 4.69) is 0 Å². The summed E-state index contributed by atoms with van der Waals surface area (Å²) < 4.78 is 25.8. The van der Waals surface area contributed by atoms with Crippen LogP contribution in [0.1, 0.15) is 12.0 Å². The Bertz CT molecular complexity index is 435. The Morgan fingerprint density at radius 1 is 1.33 bits per heavy atom. The second-order valence-corrected chi connectivity index (χ2v) is 4.26. The van der Waals surface area contributed by atoms with Gasteiger partial charge in [0, 0.05) is 38.1 Å². The molecule has 1 amide bonds. The molecule has 0 aliphatic carbocycles. The number of likely N-dealkylation sites (N-methyl/N-ethyl adjacent to an activating group) is 2. The maximum atomic E-state index is 12.9. The van der Waals surface area contributed by atoms with E-state index in [1.165, 1.54) is 28.0 Å². The fraction of sp³-hybridized carbons (Fsp3) is 0.417. The van der Waals surface area contributed by atoms with Gasteiger partial charge in [-0.05, 0) is 18.2 Å². The van der Waals surface area contributed by atoms with Crippen LogP contribution < -0.4 is 10.6 Å². The van der Waals surface area contributed by atoms with E-state index in [0.29, 0.717) is 5.69 Å². The number of alkyl halides is 2. The van der Waals surface area contributed by atoms with Crippen molar-refractivity contribution in [3.63, 3.8) is 0 Å². The van der Waals surface area contributed by atoms with E-state index in [-0.39, 0.29) is 23.7 Å². The molecule has 0 unspecified atom stereocenters. The standard InChI is InChI=1S/C12H17F2N3O/c1-16(2)11(18)7-17(3)10-5-4-8(15)6-9(10)12(13)14/h4-6,12H,7,15H2,1-3H3. The molecule has 4 nitrogen and oxygen atoms in total. The van der Waals surface area contributed by atoms with Crippen LogP contribution in [0.4, 0.5) is 20.2 Å². The SMILES string of the molecule is CN(C)C(=O)CN(C)c1ccc(N)cc1C(F)F. The molecule has 0 saturated carbocycles. The van der Waals surface area contributed by atoms with Crippen molar-refractivity contribution in [2.24, 2.45) is 0 Å². The highest BCUT2D eigenvalue weighted by atomic mass is 19.3. The van der Waals surface area contributed by atoms with Crippen LogP contribution in [0.25, 0.3) is 0 Å². The van der Waals surface area contributed by atoms with Crippen LogP contribution >= 0.6 is 0 Å². The maximum Gasteiger partial charge on any atom is 0.265 e. The fourth-order valence-electron chi connectivity index (χ4n) is 1.52. The molecule has 0 saturated heterocycles. The van der Waals surface area contributed by atoms with Crippen molar-refractivity contribution < 1.29 is 13.6 Å². The van der Waals surface area contributed by atoms with Crippen LogP contribution in [0.3, 0.4) is 0 Å². The maximum absolute atomic E-state index is 12.9. The number of amides is 1. The van der Waals surface area contributed by atoms with E-state index in [1.807, 2.05) is 0 Å². The largest absolute Gasteiger partial charge is 0.399 e. The number of carbonyl (C=O) groups excluding carboxylic acids is 1. The Kier molecular flexibility index (Phi) is 4.47. The van der Waals surface area contributed by atoms with Gasteiger partial charge in [-0.25, -0.2) is 8.78 Å². The summed E-state index contributed by atoms with van der Waals surface area (Å²) in [6.07, 6.45) is -2.62. The van der Waals surface area contributed by atoms with Gasteiger partial charge in [-0.15, -0.1) is 0 Å². The van der Waals surface area contributed by atoms with Gasteiger partial charge in [-0.2, -0.15) is 0 Å². The second-order valence-electron chi connectivity index (χ2n) is 4.26. The highest BCUT2D eigenvalue weighted by molar-refractivity contribution is 5.81. The normalized spacial score (nSPS) is 10.6. The number of hydrogen-bond donors (Lipinski definition) is 1. The van der Waals surface area contributed by atoms with Crippen LogP contribution in [0, 0.1) is 0 Å². The molecular formula is C12H17F2N3O. The summed E-state index contributed by atoms with van der Waals surface area (Å²) in [5.74, 6) is -0.158. The van der Waals surface area contributed by atoms with Crippen molar-refractivity contribution in [3.8, 4) is 0 Å². The Morgan fingerprint density at radius 2 is 1.94 bits per heavy atom. The molecule has 2 N–H and O–H groups in total. The van der Waals surface area contributed by atoms with Gasteiger partial charge >= 0.3 is 0 Å². The fourth-order valence-corrected chi connectivity index (χ4v) is 1.52. The van der Waals surface area contributed by atoms with E-state index in [4.69, 9.17) is 5.73 Å². The predicted molar refractivity (Wildman–Crippen MR) is 67.8 cm³/mol. The average Bonchev–Trinajstić information content (AvgIpc) is 2.28. The lowest BCUT2D eigenvalue weighted by molar-refractivity contribution is -0.127. The van der Waals surface area contributed by atoms with Crippen molar-refractivity contribution in [2.75, 3.05) is 38.3 Å². The van der Waals surface area contributed by atoms with Gasteiger partial charge in [0.1, 0.15) is 0 Å². The molecule has 18 heavy (non-hydrogen) atoms. The number of carbonyl (C=O) groups is 1. The topological polar surface area (TPSA) is 49.6 Å². The molecule has 0 fully saturated rings. The van der Waals surface area contributed by atoms with Crippen molar-refractivity contribution in [2.45, 2.75) is 6.43 Å². The number of nitrogens with two attached hydrogens (primary N) is 1. The highest BCUT2D eigenvalue weighted by Gasteiger charge is 2.18. The molecule has 0 radical (unpaired) electrons. The van der Waals surface area contributed by atoms with Gasteiger partial charge in [-0.3, -0.25) is 4.79 Å². The van der Waals surface area contributed by atoms with Crippen molar-refractivity contribution in [1.29, 1.82) is 0 Å². The third kappa shape index (κ3) is 3.32. The van der Waals surface area contributed by atoms with Crippen LogP contribution in [-0.2, 0) is 4.79 Å². The summed E-state index contributed by atoms with van der Waals surface area (Å²) in [4.78, 5) is 14.4. The van der Waals surface area contributed by atoms with Gasteiger partial charge in [0.2, 0.25) is 5.91 Å². The summed E-state index contributed by atoms with van der Waals surface area (Å²) in [5, 5.41) is 0.